The summed E-state index contributed by atoms with van der Waals surface area (Å²) in [5, 5.41) is 4.60. The fourth-order valence-corrected chi connectivity index (χ4v) is 8.22. The van der Waals surface area contributed by atoms with E-state index >= 15 is 0 Å². The largest absolute Gasteiger partial charge is 0.309 e. The minimum atomic E-state index is 0.580. The van der Waals surface area contributed by atoms with Gasteiger partial charge in [0.1, 0.15) is 0 Å². The smallest absolute Gasteiger partial charge is 0.238 e. The Balaban J connectivity index is 1.19. The molecule has 0 bridgehead atoms. The summed E-state index contributed by atoms with van der Waals surface area (Å²) in [6, 6.07) is 70.5. The standard InChI is InChI=1S/C51H33N5/c1-5-17-34(18-6-1)39-30-29-38(31-42(39)35-19-7-2-8-20-35)55-45-27-15-13-25-40(45)43-33-48-44(32-47(43)55)41-26-14-16-28-46(41)56(48)51-53-49(36-21-9-3-10-22-36)52-50(54-51)37-23-11-4-12-24-37/h1-33H. The topological polar surface area (TPSA) is 48.5 Å². The Morgan fingerprint density at radius 1 is 0.286 bits per heavy atom. The highest BCUT2D eigenvalue weighted by Gasteiger charge is 2.21. The second-order valence-corrected chi connectivity index (χ2v) is 14.1. The van der Waals surface area contributed by atoms with Gasteiger partial charge in [0.2, 0.25) is 5.95 Å². The third-order valence-electron chi connectivity index (χ3n) is 10.8. The number of rotatable bonds is 6. The number of para-hydroxylation sites is 2. The molecule has 11 aromatic rings. The van der Waals surface area contributed by atoms with Gasteiger partial charge < -0.3 is 4.57 Å². The van der Waals surface area contributed by atoms with Crippen LogP contribution < -0.4 is 0 Å². The summed E-state index contributed by atoms with van der Waals surface area (Å²) in [5.74, 6) is 1.84. The number of aromatic nitrogens is 5. The normalized spacial score (nSPS) is 11.6. The van der Waals surface area contributed by atoms with Crippen molar-refractivity contribution in [2.24, 2.45) is 0 Å². The second kappa shape index (κ2) is 13.0. The van der Waals surface area contributed by atoms with Crippen LogP contribution in [-0.4, -0.2) is 24.1 Å². The van der Waals surface area contributed by atoms with Crippen LogP contribution >= 0.6 is 0 Å². The van der Waals surface area contributed by atoms with Gasteiger partial charge in [0.15, 0.2) is 11.6 Å². The molecule has 5 nitrogen and oxygen atoms in total. The molecule has 11 rings (SSSR count). The zero-order valence-corrected chi connectivity index (χ0v) is 30.3. The first-order valence-corrected chi connectivity index (χ1v) is 18.9. The summed E-state index contributed by atoms with van der Waals surface area (Å²) in [4.78, 5) is 15.3. The van der Waals surface area contributed by atoms with E-state index in [1.807, 2.05) is 60.7 Å². The molecule has 0 saturated heterocycles. The van der Waals surface area contributed by atoms with Crippen LogP contribution in [0, 0.1) is 0 Å². The predicted octanol–water partition coefficient (Wildman–Crippen LogP) is 12.7. The number of nitrogens with zero attached hydrogens (tertiary/aromatic N) is 5. The Bertz CT molecular complexity index is 3160. The van der Waals surface area contributed by atoms with Crippen molar-refractivity contribution >= 4 is 43.6 Å². The van der Waals surface area contributed by atoms with Gasteiger partial charge in [0.05, 0.1) is 22.1 Å². The van der Waals surface area contributed by atoms with Gasteiger partial charge in [-0.25, -0.2) is 4.98 Å². The van der Waals surface area contributed by atoms with Gasteiger partial charge in [-0.15, -0.1) is 0 Å². The Morgan fingerprint density at radius 2 is 0.714 bits per heavy atom. The summed E-state index contributed by atoms with van der Waals surface area (Å²) in [6.07, 6.45) is 0. The van der Waals surface area contributed by atoms with Crippen molar-refractivity contribution in [2.45, 2.75) is 0 Å². The first-order chi connectivity index (χ1) is 27.8. The van der Waals surface area contributed by atoms with Crippen molar-refractivity contribution in [1.82, 2.24) is 24.1 Å². The molecule has 0 amide bonds. The molecule has 0 N–H and O–H groups in total. The molecule has 0 saturated carbocycles. The van der Waals surface area contributed by atoms with Gasteiger partial charge in [-0.2, -0.15) is 9.97 Å². The number of benzene rings is 8. The molecule has 262 valence electrons. The molecule has 0 spiro atoms. The Morgan fingerprint density at radius 3 is 1.25 bits per heavy atom. The van der Waals surface area contributed by atoms with E-state index in [9.17, 15) is 0 Å². The van der Waals surface area contributed by atoms with Gasteiger partial charge in [0.25, 0.3) is 0 Å². The molecule has 0 atom stereocenters. The number of hydrogen-bond donors (Lipinski definition) is 0. The fourth-order valence-electron chi connectivity index (χ4n) is 8.22. The van der Waals surface area contributed by atoms with E-state index in [1.165, 1.54) is 27.6 Å². The summed E-state index contributed by atoms with van der Waals surface area (Å²) < 4.78 is 4.63. The molecule has 5 heteroatoms. The van der Waals surface area contributed by atoms with Crippen molar-refractivity contribution in [1.29, 1.82) is 0 Å². The molecule has 0 radical (unpaired) electrons. The van der Waals surface area contributed by atoms with Crippen LogP contribution in [0.1, 0.15) is 0 Å². The van der Waals surface area contributed by atoms with Crippen LogP contribution in [0.3, 0.4) is 0 Å². The van der Waals surface area contributed by atoms with E-state index in [0.717, 1.165) is 55.0 Å². The van der Waals surface area contributed by atoms with Gasteiger partial charge in [-0.1, -0.05) is 164 Å². The van der Waals surface area contributed by atoms with Gasteiger partial charge in [-0.05, 0) is 58.7 Å². The van der Waals surface area contributed by atoms with Crippen LogP contribution in [0.5, 0.6) is 0 Å². The monoisotopic (exact) mass is 715 g/mol. The zero-order chi connectivity index (χ0) is 37.0. The lowest BCUT2D eigenvalue weighted by Crippen LogP contribution is -2.06. The van der Waals surface area contributed by atoms with Crippen molar-refractivity contribution in [2.75, 3.05) is 0 Å². The summed E-state index contributed by atoms with van der Waals surface area (Å²) in [5.41, 5.74) is 12.1. The van der Waals surface area contributed by atoms with Crippen LogP contribution in [-0.2, 0) is 0 Å². The highest BCUT2D eigenvalue weighted by Crippen LogP contribution is 2.41. The SMILES string of the molecule is c1ccc(-c2nc(-c3ccccc3)nc(-n3c4ccccc4c4cc5c(cc43)c3ccccc3n5-c3ccc(-c4ccccc4)c(-c4ccccc4)c3)n2)cc1. The third kappa shape index (κ3) is 5.21. The highest BCUT2D eigenvalue weighted by atomic mass is 15.2. The maximum Gasteiger partial charge on any atom is 0.238 e. The lowest BCUT2D eigenvalue weighted by molar-refractivity contribution is 0.954. The summed E-state index contributed by atoms with van der Waals surface area (Å²) >= 11 is 0. The minimum absolute atomic E-state index is 0.580. The molecular weight excluding hydrogens is 683 g/mol. The first kappa shape index (κ1) is 31.9. The average molecular weight is 716 g/mol. The Kier molecular flexibility index (Phi) is 7.42. The van der Waals surface area contributed by atoms with Crippen LogP contribution in [0.4, 0.5) is 0 Å². The lowest BCUT2D eigenvalue weighted by Gasteiger charge is -2.15. The molecule has 0 aliphatic carbocycles. The van der Waals surface area contributed by atoms with Gasteiger partial charge in [0, 0.05) is 38.4 Å². The fraction of sp³-hybridized carbons (Fsp3) is 0. The molecule has 0 aliphatic rings. The van der Waals surface area contributed by atoms with Crippen molar-refractivity contribution in [3.05, 3.63) is 200 Å². The summed E-state index contributed by atoms with van der Waals surface area (Å²) in [7, 11) is 0. The van der Waals surface area contributed by atoms with E-state index in [-0.39, 0.29) is 0 Å². The van der Waals surface area contributed by atoms with Crippen LogP contribution in [0.25, 0.3) is 100 Å². The van der Waals surface area contributed by atoms with Crippen molar-refractivity contribution in [3.8, 4) is 56.7 Å². The van der Waals surface area contributed by atoms with E-state index in [2.05, 4.69) is 149 Å². The Hall–Kier alpha value is -7.63. The van der Waals surface area contributed by atoms with Crippen LogP contribution in [0.2, 0.25) is 0 Å². The lowest BCUT2D eigenvalue weighted by atomic mass is 9.94. The maximum atomic E-state index is 5.17. The van der Waals surface area contributed by atoms with Crippen LogP contribution in [0.15, 0.2) is 200 Å². The molecule has 0 fully saturated rings. The Labute approximate surface area is 323 Å². The molecule has 0 aliphatic heterocycles. The summed E-state index contributed by atoms with van der Waals surface area (Å²) in [6.45, 7) is 0. The van der Waals surface area contributed by atoms with E-state index < -0.39 is 0 Å². The molecule has 56 heavy (non-hydrogen) atoms. The second-order valence-electron chi connectivity index (χ2n) is 14.1. The highest BCUT2D eigenvalue weighted by molar-refractivity contribution is 6.19. The number of fused-ring (bicyclic) bond motifs is 6. The van der Waals surface area contributed by atoms with E-state index in [0.29, 0.717) is 17.6 Å². The van der Waals surface area contributed by atoms with Gasteiger partial charge >= 0.3 is 0 Å². The van der Waals surface area contributed by atoms with E-state index in [4.69, 9.17) is 15.0 Å². The number of hydrogen-bond acceptors (Lipinski definition) is 3. The minimum Gasteiger partial charge on any atom is -0.309 e. The van der Waals surface area contributed by atoms with Gasteiger partial charge in [-0.3, -0.25) is 4.57 Å². The quantitative estimate of drug-likeness (QED) is 0.172. The average Bonchev–Trinajstić information content (AvgIpc) is 3.78. The third-order valence-corrected chi connectivity index (χ3v) is 10.8. The molecule has 3 aromatic heterocycles. The zero-order valence-electron chi connectivity index (χ0n) is 30.3. The molecule has 0 unspecified atom stereocenters. The van der Waals surface area contributed by atoms with Crippen molar-refractivity contribution in [3.63, 3.8) is 0 Å². The predicted molar refractivity (Wildman–Crippen MR) is 230 cm³/mol. The first-order valence-electron chi connectivity index (χ1n) is 18.9. The molecule has 8 aromatic carbocycles. The molecular formula is C51H33N5. The maximum absolute atomic E-state index is 5.17. The van der Waals surface area contributed by atoms with Crippen molar-refractivity contribution < 1.29 is 0 Å². The van der Waals surface area contributed by atoms with E-state index in [1.54, 1.807) is 0 Å². The molecule has 3 heterocycles.